The van der Waals surface area contributed by atoms with Crippen LogP contribution in [0.3, 0.4) is 0 Å². The summed E-state index contributed by atoms with van der Waals surface area (Å²) >= 11 is 6.08. The fourth-order valence-electron chi connectivity index (χ4n) is 3.07. The first-order valence-electron chi connectivity index (χ1n) is 9.84. The Morgan fingerprint density at radius 2 is 1.88 bits per heavy atom. The Labute approximate surface area is 189 Å². The number of imide groups is 1. The first kappa shape index (κ1) is 23.8. The summed E-state index contributed by atoms with van der Waals surface area (Å²) in [4.78, 5) is 35.7. The van der Waals surface area contributed by atoms with Crippen LogP contribution >= 0.6 is 11.6 Å². The Balaban J connectivity index is 1.56. The van der Waals surface area contributed by atoms with E-state index in [9.17, 15) is 22.8 Å². The number of sulfonamides is 1. The van der Waals surface area contributed by atoms with Crippen LogP contribution in [0.1, 0.15) is 35.4 Å². The summed E-state index contributed by atoms with van der Waals surface area (Å²) in [5.41, 5.74) is -0.0833. The van der Waals surface area contributed by atoms with Crippen molar-refractivity contribution in [3.05, 3.63) is 52.9 Å². The Morgan fingerprint density at radius 1 is 1.12 bits per heavy atom. The van der Waals surface area contributed by atoms with E-state index in [0.717, 1.165) is 25.3 Å². The number of amides is 3. The molecule has 2 heterocycles. The average Bonchev–Trinajstić information content (AvgIpc) is 3.30. The molecule has 1 aliphatic heterocycles. The average molecular weight is 484 g/mol. The summed E-state index contributed by atoms with van der Waals surface area (Å²) in [6, 6.07) is 6.23. The van der Waals surface area contributed by atoms with Crippen molar-refractivity contribution in [3.63, 3.8) is 0 Å². The number of piperidine rings is 1. The topological polar surface area (TPSA) is 135 Å². The first-order chi connectivity index (χ1) is 15.3. The highest BCUT2D eigenvalue weighted by molar-refractivity contribution is 7.89. The smallest absolute Gasteiger partial charge is 0.338 e. The number of nitrogens with one attached hydrogen (secondary N) is 2. The molecule has 0 aliphatic carbocycles. The number of esters is 1. The number of hydrogen-bond donors (Lipinski definition) is 2. The minimum atomic E-state index is -3.87. The van der Waals surface area contributed by atoms with E-state index in [1.54, 1.807) is 12.1 Å². The van der Waals surface area contributed by atoms with Crippen molar-refractivity contribution in [3.8, 4) is 0 Å². The Hall–Kier alpha value is -2.89. The van der Waals surface area contributed by atoms with Gasteiger partial charge in [0, 0.05) is 13.1 Å². The molecule has 2 N–H and O–H groups in total. The molecule has 32 heavy (non-hydrogen) atoms. The number of halogens is 1. The lowest BCUT2D eigenvalue weighted by Gasteiger charge is -2.26. The molecule has 3 rings (SSSR count). The molecule has 10 nitrogen and oxygen atoms in total. The van der Waals surface area contributed by atoms with E-state index in [2.05, 4.69) is 5.32 Å². The third kappa shape index (κ3) is 6.09. The molecule has 0 saturated carbocycles. The number of rotatable bonds is 7. The Morgan fingerprint density at radius 3 is 2.56 bits per heavy atom. The maximum absolute atomic E-state index is 12.9. The molecule has 0 spiro atoms. The largest absolute Gasteiger partial charge is 0.467 e. The van der Waals surface area contributed by atoms with E-state index in [1.165, 1.54) is 22.7 Å². The number of carbonyl (C=O) groups excluding carboxylic acids is 3. The molecule has 1 aliphatic rings. The molecule has 0 unspecified atom stereocenters. The second kappa shape index (κ2) is 10.6. The maximum Gasteiger partial charge on any atom is 0.338 e. The van der Waals surface area contributed by atoms with Crippen molar-refractivity contribution in [2.45, 2.75) is 30.7 Å². The van der Waals surface area contributed by atoms with Gasteiger partial charge in [0.05, 0.1) is 23.4 Å². The van der Waals surface area contributed by atoms with Crippen LogP contribution in [0.25, 0.3) is 0 Å². The van der Waals surface area contributed by atoms with Crippen LogP contribution in [0.2, 0.25) is 5.02 Å². The standard InChI is InChI=1S/C20H22ClN3O7S/c21-16-7-6-14(11-17(16)32(28,29)24-8-2-1-3-9-24)19(26)31-13-18(25)23-20(27)22-12-15-5-4-10-30-15/h4-7,10-11H,1-3,8-9,12-13H2,(H2,22,23,25,27). The van der Waals surface area contributed by atoms with Crippen LogP contribution in [-0.2, 0) is 26.1 Å². The predicted octanol–water partition coefficient (Wildman–Crippen LogP) is 2.29. The van der Waals surface area contributed by atoms with Gasteiger partial charge in [0.1, 0.15) is 10.7 Å². The van der Waals surface area contributed by atoms with Gasteiger partial charge in [0.15, 0.2) is 6.61 Å². The SMILES string of the molecule is O=C(COC(=O)c1ccc(Cl)c(S(=O)(=O)N2CCCCC2)c1)NC(=O)NCc1ccco1. The van der Waals surface area contributed by atoms with Gasteiger partial charge in [-0.3, -0.25) is 10.1 Å². The van der Waals surface area contributed by atoms with Gasteiger partial charge in [-0.15, -0.1) is 0 Å². The summed E-state index contributed by atoms with van der Waals surface area (Å²) in [6.45, 7) is 0.111. The zero-order valence-electron chi connectivity index (χ0n) is 17.0. The van der Waals surface area contributed by atoms with Gasteiger partial charge in [-0.1, -0.05) is 18.0 Å². The Bertz CT molecular complexity index is 1080. The van der Waals surface area contributed by atoms with Gasteiger partial charge in [-0.05, 0) is 43.2 Å². The monoisotopic (exact) mass is 483 g/mol. The number of benzene rings is 1. The molecule has 1 fully saturated rings. The van der Waals surface area contributed by atoms with Gasteiger partial charge in [-0.25, -0.2) is 18.0 Å². The van der Waals surface area contributed by atoms with Gasteiger partial charge in [-0.2, -0.15) is 4.31 Å². The van der Waals surface area contributed by atoms with Crippen molar-refractivity contribution in [1.29, 1.82) is 0 Å². The molecule has 1 aromatic carbocycles. The van der Waals surface area contributed by atoms with Crippen LogP contribution in [0.15, 0.2) is 45.9 Å². The Kier molecular flexibility index (Phi) is 7.89. The molecule has 0 radical (unpaired) electrons. The van der Waals surface area contributed by atoms with Gasteiger partial charge >= 0.3 is 12.0 Å². The lowest BCUT2D eigenvalue weighted by molar-refractivity contribution is -0.123. The third-order valence-corrected chi connectivity index (χ3v) is 7.07. The van der Waals surface area contributed by atoms with E-state index in [0.29, 0.717) is 18.8 Å². The second-order valence-electron chi connectivity index (χ2n) is 7.00. The molecule has 0 bridgehead atoms. The zero-order chi connectivity index (χ0) is 23.1. The van der Waals surface area contributed by atoms with E-state index in [1.807, 2.05) is 5.32 Å². The van der Waals surface area contributed by atoms with Crippen LogP contribution in [-0.4, -0.2) is 50.3 Å². The highest BCUT2D eigenvalue weighted by atomic mass is 35.5. The van der Waals surface area contributed by atoms with Gasteiger partial charge in [0.2, 0.25) is 10.0 Å². The second-order valence-corrected chi connectivity index (χ2v) is 9.31. The van der Waals surface area contributed by atoms with Crippen molar-refractivity contribution in [2.75, 3.05) is 19.7 Å². The quantitative estimate of drug-likeness (QED) is 0.577. The first-order valence-corrected chi connectivity index (χ1v) is 11.7. The fraction of sp³-hybridized carbons (Fsp3) is 0.350. The highest BCUT2D eigenvalue weighted by Gasteiger charge is 2.29. The summed E-state index contributed by atoms with van der Waals surface area (Å²) in [6.07, 6.45) is 3.90. The van der Waals surface area contributed by atoms with E-state index in [-0.39, 0.29) is 22.0 Å². The molecule has 2 aromatic rings. The number of urea groups is 1. The van der Waals surface area contributed by atoms with Crippen LogP contribution < -0.4 is 10.6 Å². The maximum atomic E-state index is 12.9. The van der Waals surface area contributed by atoms with Crippen LogP contribution in [0.5, 0.6) is 0 Å². The van der Waals surface area contributed by atoms with E-state index >= 15 is 0 Å². The van der Waals surface area contributed by atoms with Crippen molar-refractivity contribution >= 4 is 39.5 Å². The molecule has 1 aromatic heterocycles. The third-order valence-electron chi connectivity index (χ3n) is 4.69. The predicted molar refractivity (Wildman–Crippen MR) is 113 cm³/mol. The summed E-state index contributed by atoms with van der Waals surface area (Å²) < 4.78 is 37.1. The number of nitrogens with zero attached hydrogens (tertiary/aromatic N) is 1. The zero-order valence-corrected chi connectivity index (χ0v) is 18.6. The van der Waals surface area contributed by atoms with E-state index < -0.39 is 34.5 Å². The van der Waals surface area contributed by atoms with Gasteiger partial charge < -0.3 is 14.5 Å². The molecule has 0 atom stereocenters. The summed E-state index contributed by atoms with van der Waals surface area (Å²) in [5.74, 6) is -1.29. The molecular weight excluding hydrogens is 462 g/mol. The number of carbonyl (C=O) groups is 3. The normalized spacial score (nSPS) is 14.5. The number of hydrogen-bond acceptors (Lipinski definition) is 7. The van der Waals surface area contributed by atoms with Crippen LogP contribution in [0.4, 0.5) is 4.79 Å². The lowest BCUT2D eigenvalue weighted by atomic mass is 10.2. The van der Waals surface area contributed by atoms with Crippen molar-refractivity contribution in [2.24, 2.45) is 0 Å². The molecule has 1 saturated heterocycles. The molecule has 12 heteroatoms. The van der Waals surface area contributed by atoms with Gasteiger partial charge in [0.25, 0.3) is 5.91 Å². The number of furan rings is 1. The number of ether oxygens (including phenoxy) is 1. The minimum absolute atomic E-state index is 0.0157. The molecular formula is C20H22ClN3O7S. The molecule has 172 valence electrons. The van der Waals surface area contributed by atoms with Crippen molar-refractivity contribution < 1.29 is 32.0 Å². The van der Waals surface area contributed by atoms with E-state index in [4.69, 9.17) is 20.8 Å². The highest BCUT2D eigenvalue weighted by Crippen LogP contribution is 2.28. The lowest BCUT2D eigenvalue weighted by Crippen LogP contribution is -2.41. The fourth-order valence-corrected chi connectivity index (χ4v) is 5.09. The van der Waals surface area contributed by atoms with Crippen molar-refractivity contribution in [1.82, 2.24) is 14.9 Å². The van der Waals surface area contributed by atoms with Crippen LogP contribution in [0, 0.1) is 0 Å². The molecule has 3 amide bonds. The minimum Gasteiger partial charge on any atom is -0.467 e. The summed E-state index contributed by atoms with van der Waals surface area (Å²) in [5, 5.41) is 4.40. The summed E-state index contributed by atoms with van der Waals surface area (Å²) in [7, 11) is -3.87.